The molecule has 1 aliphatic heterocycles. The number of ether oxygens (including phenoxy) is 2. The lowest BCUT2D eigenvalue weighted by molar-refractivity contribution is 0.0482. The molecule has 152 valence electrons. The molecule has 1 aliphatic rings. The first-order chi connectivity index (χ1) is 13.6. The Morgan fingerprint density at radius 2 is 1.75 bits per heavy atom. The first-order valence-electron chi connectivity index (χ1n) is 10.3. The molecule has 0 unspecified atom stereocenters. The second kappa shape index (κ2) is 10.4. The molecule has 2 aromatic rings. The van der Waals surface area contributed by atoms with Crippen molar-refractivity contribution in [2.45, 2.75) is 25.7 Å². The maximum Gasteiger partial charge on any atom is 0.338 e. The van der Waals surface area contributed by atoms with Gasteiger partial charge >= 0.3 is 5.97 Å². The fourth-order valence-corrected chi connectivity index (χ4v) is 3.51. The summed E-state index contributed by atoms with van der Waals surface area (Å²) in [6, 6.07) is 11.7. The predicted molar refractivity (Wildman–Crippen MR) is 113 cm³/mol. The van der Waals surface area contributed by atoms with E-state index in [0.717, 1.165) is 42.6 Å². The van der Waals surface area contributed by atoms with E-state index in [0.29, 0.717) is 12.2 Å². The molecule has 0 spiro atoms. The Hall–Kier alpha value is -2.11. The predicted octanol–water partition coefficient (Wildman–Crippen LogP) is 3.81. The topological polar surface area (TPSA) is 42.0 Å². The zero-order valence-corrected chi connectivity index (χ0v) is 17.2. The molecule has 0 amide bonds. The first kappa shape index (κ1) is 20.6. The molecule has 5 nitrogen and oxygen atoms in total. The van der Waals surface area contributed by atoms with Gasteiger partial charge in [-0.25, -0.2) is 4.79 Å². The lowest BCUT2D eigenvalue weighted by Gasteiger charge is -2.26. The molecule has 0 bridgehead atoms. The van der Waals surface area contributed by atoms with Crippen molar-refractivity contribution in [2.24, 2.45) is 0 Å². The van der Waals surface area contributed by atoms with E-state index >= 15 is 0 Å². The molecule has 2 aromatic carbocycles. The zero-order chi connectivity index (χ0) is 19.8. The van der Waals surface area contributed by atoms with Crippen molar-refractivity contribution in [3.63, 3.8) is 0 Å². The van der Waals surface area contributed by atoms with Crippen molar-refractivity contribution in [3.05, 3.63) is 42.0 Å². The standard InChI is InChI=1S/C23H32N2O3/c1-24(2)14-16-28-23(26)21-8-7-20-18-22(10-9-19(20)17-21)27-15-6-13-25-11-4-3-5-12-25/h7-10,17-18H,3-6,11-16H2,1-2H3. The number of fused-ring (bicyclic) bond motifs is 1. The number of esters is 1. The van der Waals surface area contributed by atoms with Gasteiger partial charge in [-0.1, -0.05) is 18.6 Å². The van der Waals surface area contributed by atoms with E-state index in [1.54, 1.807) is 0 Å². The molecular formula is C23H32N2O3. The normalized spacial score (nSPS) is 15.1. The van der Waals surface area contributed by atoms with Crippen LogP contribution in [0.1, 0.15) is 36.0 Å². The number of likely N-dealkylation sites (N-methyl/N-ethyl adjacent to an activating group) is 1. The van der Waals surface area contributed by atoms with Crippen LogP contribution >= 0.6 is 0 Å². The Morgan fingerprint density at radius 1 is 1.00 bits per heavy atom. The van der Waals surface area contributed by atoms with Crippen LogP contribution in [0.2, 0.25) is 0 Å². The Labute approximate surface area is 168 Å². The van der Waals surface area contributed by atoms with Crippen molar-refractivity contribution in [1.82, 2.24) is 9.80 Å². The number of rotatable bonds is 9. The SMILES string of the molecule is CN(C)CCOC(=O)c1ccc2cc(OCCCN3CCCCC3)ccc2c1. The summed E-state index contributed by atoms with van der Waals surface area (Å²) in [5.41, 5.74) is 0.585. The molecule has 0 atom stereocenters. The fourth-order valence-electron chi connectivity index (χ4n) is 3.51. The van der Waals surface area contributed by atoms with Crippen molar-refractivity contribution in [2.75, 3.05) is 53.5 Å². The lowest BCUT2D eigenvalue weighted by Crippen LogP contribution is -2.31. The summed E-state index contributed by atoms with van der Waals surface area (Å²) in [5.74, 6) is 0.606. The van der Waals surface area contributed by atoms with Gasteiger partial charge in [-0.3, -0.25) is 0 Å². The van der Waals surface area contributed by atoms with Crippen LogP contribution < -0.4 is 4.74 Å². The van der Waals surface area contributed by atoms with Crippen molar-refractivity contribution >= 4 is 16.7 Å². The number of hydrogen-bond donors (Lipinski definition) is 0. The number of carbonyl (C=O) groups is 1. The van der Waals surface area contributed by atoms with Crippen LogP contribution in [0.5, 0.6) is 5.75 Å². The van der Waals surface area contributed by atoms with Crippen LogP contribution in [-0.4, -0.2) is 69.3 Å². The van der Waals surface area contributed by atoms with Crippen molar-refractivity contribution < 1.29 is 14.3 Å². The molecule has 5 heteroatoms. The highest BCUT2D eigenvalue weighted by Crippen LogP contribution is 2.23. The molecule has 1 saturated heterocycles. The second-order valence-electron chi connectivity index (χ2n) is 7.77. The van der Waals surface area contributed by atoms with E-state index in [1.807, 2.05) is 55.4 Å². The molecule has 3 rings (SSSR count). The van der Waals surface area contributed by atoms with Gasteiger partial charge in [0.25, 0.3) is 0 Å². The summed E-state index contributed by atoms with van der Waals surface area (Å²) in [7, 11) is 3.91. The van der Waals surface area contributed by atoms with Gasteiger partial charge in [-0.15, -0.1) is 0 Å². The molecule has 0 aromatic heterocycles. The first-order valence-corrected chi connectivity index (χ1v) is 10.3. The minimum absolute atomic E-state index is 0.276. The van der Waals surface area contributed by atoms with E-state index < -0.39 is 0 Å². The van der Waals surface area contributed by atoms with E-state index in [2.05, 4.69) is 4.90 Å². The van der Waals surface area contributed by atoms with Crippen LogP contribution in [0.3, 0.4) is 0 Å². The van der Waals surface area contributed by atoms with Crippen molar-refractivity contribution in [3.8, 4) is 5.75 Å². The quantitative estimate of drug-likeness (QED) is 0.486. The highest BCUT2D eigenvalue weighted by Gasteiger charge is 2.10. The molecule has 0 N–H and O–H groups in total. The van der Waals surface area contributed by atoms with Crippen LogP contribution in [0, 0.1) is 0 Å². The maximum atomic E-state index is 12.2. The zero-order valence-electron chi connectivity index (χ0n) is 17.2. The number of hydrogen-bond acceptors (Lipinski definition) is 5. The van der Waals surface area contributed by atoms with Gasteiger partial charge in [0.05, 0.1) is 12.2 Å². The third-order valence-corrected chi connectivity index (χ3v) is 5.16. The van der Waals surface area contributed by atoms with Crippen LogP contribution in [0.15, 0.2) is 36.4 Å². The second-order valence-corrected chi connectivity index (χ2v) is 7.77. The Bertz CT molecular complexity index is 770. The summed E-state index contributed by atoms with van der Waals surface area (Å²) < 4.78 is 11.3. The smallest absolute Gasteiger partial charge is 0.338 e. The minimum Gasteiger partial charge on any atom is -0.494 e. The largest absolute Gasteiger partial charge is 0.494 e. The maximum absolute atomic E-state index is 12.2. The Morgan fingerprint density at radius 3 is 2.54 bits per heavy atom. The van der Waals surface area contributed by atoms with Gasteiger partial charge in [0.2, 0.25) is 0 Å². The molecular weight excluding hydrogens is 352 g/mol. The summed E-state index contributed by atoms with van der Waals surface area (Å²) in [6.07, 6.45) is 5.09. The van der Waals surface area contributed by atoms with Crippen LogP contribution in [0.25, 0.3) is 10.8 Å². The number of likely N-dealkylation sites (tertiary alicyclic amines) is 1. The van der Waals surface area contributed by atoms with Crippen LogP contribution in [0.4, 0.5) is 0 Å². The van der Waals surface area contributed by atoms with Gasteiger partial charge in [0.1, 0.15) is 12.4 Å². The van der Waals surface area contributed by atoms with Gasteiger partial charge in [0.15, 0.2) is 0 Å². The summed E-state index contributed by atoms with van der Waals surface area (Å²) >= 11 is 0. The molecule has 1 heterocycles. The minimum atomic E-state index is -0.276. The van der Waals surface area contributed by atoms with Crippen molar-refractivity contribution in [1.29, 1.82) is 0 Å². The van der Waals surface area contributed by atoms with Gasteiger partial charge < -0.3 is 19.3 Å². The van der Waals surface area contributed by atoms with Crippen LogP contribution in [-0.2, 0) is 4.74 Å². The molecule has 0 aliphatic carbocycles. The van der Waals surface area contributed by atoms with Gasteiger partial charge in [-0.2, -0.15) is 0 Å². The summed E-state index contributed by atoms with van der Waals surface area (Å²) in [5, 5.41) is 2.08. The lowest BCUT2D eigenvalue weighted by atomic mass is 10.1. The highest BCUT2D eigenvalue weighted by atomic mass is 16.5. The van der Waals surface area contributed by atoms with Gasteiger partial charge in [-0.05, 0) is 81.5 Å². The average Bonchev–Trinajstić information content (AvgIpc) is 2.71. The van der Waals surface area contributed by atoms with Gasteiger partial charge in [0, 0.05) is 13.1 Å². The summed E-state index contributed by atoms with van der Waals surface area (Å²) in [4.78, 5) is 16.7. The number of carbonyl (C=O) groups excluding carboxylic acids is 1. The molecule has 28 heavy (non-hydrogen) atoms. The Balaban J connectivity index is 1.50. The van der Waals surface area contributed by atoms with E-state index in [4.69, 9.17) is 9.47 Å². The average molecular weight is 385 g/mol. The number of piperidine rings is 1. The monoisotopic (exact) mass is 384 g/mol. The van der Waals surface area contributed by atoms with E-state index in [9.17, 15) is 4.79 Å². The highest BCUT2D eigenvalue weighted by molar-refractivity contribution is 5.95. The molecule has 1 fully saturated rings. The fraction of sp³-hybridized carbons (Fsp3) is 0.522. The third kappa shape index (κ3) is 6.21. The summed E-state index contributed by atoms with van der Waals surface area (Å²) in [6.45, 7) is 5.43. The Kier molecular flexibility index (Phi) is 7.69. The molecule has 0 radical (unpaired) electrons. The number of benzene rings is 2. The third-order valence-electron chi connectivity index (χ3n) is 5.16. The molecule has 0 saturated carbocycles. The van der Waals surface area contributed by atoms with E-state index in [1.165, 1.54) is 32.4 Å². The van der Waals surface area contributed by atoms with E-state index in [-0.39, 0.29) is 5.97 Å². The number of nitrogens with zero attached hydrogens (tertiary/aromatic N) is 2.